The molecule has 0 radical (unpaired) electrons. The van der Waals surface area contributed by atoms with Crippen LogP contribution in [0.5, 0.6) is 0 Å². The molecule has 0 aliphatic rings. The second kappa shape index (κ2) is 5.99. The first-order chi connectivity index (χ1) is 8.56. The van der Waals surface area contributed by atoms with E-state index in [0.717, 1.165) is 10.9 Å². The lowest BCUT2D eigenvalue weighted by Gasteiger charge is -2.01. The molecule has 0 aromatic carbocycles. The van der Waals surface area contributed by atoms with Gasteiger partial charge < -0.3 is 0 Å². The Morgan fingerprint density at radius 1 is 1.26 bits per heavy atom. The minimum absolute atomic E-state index is 0.0131. The van der Waals surface area contributed by atoms with Crippen molar-refractivity contribution in [3.05, 3.63) is 10.8 Å². The predicted molar refractivity (Wildman–Crippen MR) is 74.0 cm³/mol. The van der Waals surface area contributed by atoms with Gasteiger partial charge in [0.1, 0.15) is 19.9 Å². The van der Waals surface area contributed by atoms with E-state index in [0.29, 0.717) is 12.8 Å². The van der Waals surface area contributed by atoms with Gasteiger partial charge in [-0.05, 0) is 6.42 Å². The predicted octanol–water partition coefficient (Wildman–Crippen LogP) is 1.46. The summed E-state index contributed by atoms with van der Waals surface area (Å²) < 4.78 is 46.3. The van der Waals surface area contributed by atoms with Gasteiger partial charge in [-0.2, -0.15) is 5.10 Å². The highest BCUT2D eigenvalue weighted by Gasteiger charge is 2.26. The summed E-state index contributed by atoms with van der Waals surface area (Å²) in [5, 5.41) is 3.87. The van der Waals surface area contributed by atoms with Gasteiger partial charge in [0.25, 0.3) is 9.05 Å². The Bertz CT molecular complexity index is 665. The maximum Gasteiger partial charge on any atom is 0.266 e. The van der Waals surface area contributed by atoms with Gasteiger partial charge in [-0.15, -0.1) is 0 Å². The molecule has 1 heterocycles. The van der Waals surface area contributed by atoms with E-state index in [1.807, 2.05) is 6.92 Å². The number of nitrogens with zero attached hydrogens (tertiary/aromatic N) is 2. The summed E-state index contributed by atoms with van der Waals surface area (Å²) in [6, 6.07) is 0. The molecule has 0 aliphatic carbocycles. The Morgan fingerprint density at radius 2 is 1.84 bits per heavy atom. The molecule has 0 aliphatic heterocycles. The number of aryl methyl sites for hydroxylation is 2. The lowest BCUT2D eigenvalue weighted by Crippen LogP contribution is -2.12. The highest BCUT2D eigenvalue weighted by molar-refractivity contribution is 8.13. The molecule has 0 spiro atoms. The number of rotatable bonds is 6. The first kappa shape index (κ1) is 16.7. The smallest absolute Gasteiger partial charge is 0.251 e. The van der Waals surface area contributed by atoms with Crippen LogP contribution < -0.4 is 0 Å². The molecule has 0 atom stereocenters. The van der Waals surface area contributed by atoms with Gasteiger partial charge >= 0.3 is 0 Å². The number of halogens is 2. The monoisotopic (exact) mass is 348 g/mol. The van der Waals surface area contributed by atoms with Gasteiger partial charge in [0.15, 0.2) is 0 Å². The van der Waals surface area contributed by atoms with Crippen molar-refractivity contribution in [2.24, 2.45) is 0 Å². The average molecular weight is 349 g/mol. The zero-order chi connectivity index (χ0) is 14.8. The number of sulfone groups is 1. The molecule has 0 saturated carbocycles. The van der Waals surface area contributed by atoms with Crippen LogP contribution in [0.4, 0.5) is 0 Å². The molecule has 0 unspecified atom stereocenters. The van der Waals surface area contributed by atoms with E-state index in [1.165, 1.54) is 0 Å². The van der Waals surface area contributed by atoms with Crippen molar-refractivity contribution in [2.45, 2.75) is 31.2 Å². The van der Waals surface area contributed by atoms with Crippen molar-refractivity contribution in [3.63, 3.8) is 0 Å². The molecule has 0 saturated heterocycles. The highest BCUT2D eigenvalue weighted by atomic mass is 35.7. The van der Waals surface area contributed by atoms with E-state index in [2.05, 4.69) is 5.10 Å². The highest BCUT2D eigenvalue weighted by Crippen LogP contribution is 2.29. The van der Waals surface area contributed by atoms with Crippen LogP contribution in [0, 0.1) is 0 Å². The van der Waals surface area contributed by atoms with Gasteiger partial charge in [0.2, 0.25) is 0 Å². The van der Waals surface area contributed by atoms with Gasteiger partial charge in [-0.3, -0.25) is 4.68 Å². The van der Waals surface area contributed by atoms with Crippen LogP contribution in [0.25, 0.3) is 0 Å². The lowest BCUT2D eigenvalue weighted by molar-refractivity contribution is 0.584. The third kappa shape index (κ3) is 4.62. The Hall–Kier alpha value is -0.310. The van der Waals surface area contributed by atoms with Crippen molar-refractivity contribution < 1.29 is 16.8 Å². The molecule has 0 N–H and O–H groups in total. The standard InChI is InChI=1S/C9H14Cl2N2O4S2/c1-3-4-7-8(19(11,16)17)9(10)13(12-7)5-6-18(2,14)15/h3-6H2,1-2H3. The summed E-state index contributed by atoms with van der Waals surface area (Å²) in [6.45, 7) is 1.84. The Labute approximate surface area is 122 Å². The summed E-state index contributed by atoms with van der Waals surface area (Å²) in [5.41, 5.74) is 0.260. The van der Waals surface area contributed by atoms with Gasteiger partial charge in [0, 0.05) is 16.9 Å². The Morgan fingerprint density at radius 3 is 2.26 bits per heavy atom. The van der Waals surface area contributed by atoms with Crippen molar-refractivity contribution in [1.82, 2.24) is 9.78 Å². The zero-order valence-electron chi connectivity index (χ0n) is 10.4. The molecule has 0 amide bonds. The normalized spacial score (nSPS) is 12.8. The van der Waals surface area contributed by atoms with E-state index in [-0.39, 0.29) is 28.0 Å². The van der Waals surface area contributed by atoms with Crippen LogP contribution in [0.15, 0.2) is 4.90 Å². The molecule has 0 fully saturated rings. The van der Waals surface area contributed by atoms with Crippen molar-refractivity contribution >= 4 is 41.2 Å². The number of hydrogen-bond donors (Lipinski definition) is 0. The zero-order valence-corrected chi connectivity index (χ0v) is 13.6. The van der Waals surface area contributed by atoms with Crippen LogP contribution in [0.2, 0.25) is 5.15 Å². The van der Waals surface area contributed by atoms with Crippen LogP contribution in [-0.2, 0) is 31.9 Å². The Balaban J connectivity index is 3.22. The van der Waals surface area contributed by atoms with Gasteiger partial charge in [-0.25, -0.2) is 16.8 Å². The van der Waals surface area contributed by atoms with Crippen LogP contribution in [0.3, 0.4) is 0 Å². The number of aromatic nitrogens is 2. The van der Waals surface area contributed by atoms with E-state index in [9.17, 15) is 16.8 Å². The second-order valence-corrected chi connectivity index (χ2v) is 9.23. The fourth-order valence-electron chi connectivity index (χ4n) is 1.51. The molecule has 1 rings (SSSR count). The summed E-state index contributed by atoms with van der Waals surface area (Å²) in [4.78, 5) is -0.230. The van der Waals surface area contributed by atoms with Gasteiger partial charge in [0.05, 0.1) is 18.0 Å². The fourth-order valence-corrected chi connectivity index (χ4v) is 3.89. The molecule has 6 nitrogen and oxygen atoms in total. The first-order valence-corrected chi connectivity index (χ1v) is 10.2. The minimum Gasteiger partial charge on any atom is -0.251 e. The molecule has 1 aromatic rings. The molecular formula is C9H14Cl2N2O4S2. The maximum atomic E-state index is 11.5. The summed E-state index contributed by atoms with van der Waals surface area (Å²) in [5.74, 6) is -0.179. The van der Waals surface area contributed by atoms with Crippen molar-refractivity contribution in [1.29, 1.82) is 0 Å². The maximum absolute atomic E-state index is 11.5. The SMILES string of the molecule is CCCc1nn(CCS(C)(=O)=O)c(Cl)c1S(=O)(=O)Cl. The molecule has 10 heteroatoms. The summed E-state index contributed by atoms with van der Waals surface area (Å²) >= 11 is 5.92. The van der Waals surface area contributed by atoms with Crippen molar-refractivity contribution in [2.75, 3.05) is 12.0 Å². The lowest BCUT2D eigenvalue weighted by atomic mass is 10.2. The fraction of sp³-hybridized carbons (Fsp3) is 0.667. The Kier molecular flexibility index (Phi) is 5.28. The van der Waals surface area contributed by atoms with E-state index < -0.39 is 18.9 Å². The average Bonchev–Trinajstić information content (AvgIpc) is 2.51. The van der Waals surface area contributed by atoms with Crippen molar-refractivity contribution in [3.8, 4) is 0 Å². The minimum atomic E-state index is -4.01. The van der Waals surface area contributed by atoms with Crippen LogP contribution in [0.1, 0.15) is 19.0 Å². The second-order valence-electron chi connectivity index (χ2n) is 4.11. The third-order valence-electron chi connectivity index (χ3n) is 2.32. The van der Waals surface area contributed by atoms with E-state index >= 15 is 0 Å². The summed E-state index contributed by atoms with van der Waals surface area (Å²) in [7, 11) is -1.88. The quantitative estimate of drug-likeness (QED) is 0.726. The molecule has 0 bridgehead atoms. The van der Waals surface area contributed by atoms with Gasteiger partial charge in [-0.1, -0.05) is 24.9 Å². The largest absolute Gasteiger partial charge is 0.266 e. The summed E-state index contributed by atoms with van der Waals surface area (Å²) in [6.07, 6.45) is 2.14. The van der Waals surface area contributed by atoms with E-state index in [1.54, 1.807) is 0 Å². The van der Waals surface area contributed by atoms with E-state index in [4.69, 9.17) is 22.3 Å². The van der Waals surface area contributed by atoms with Crippen LogP contribution >= 0.6 is 22.3 Å². The number of hydrogen-bond acceptors (Lipinski definition) is 5. The third-order valence-corrected chi connectivity index (χ3v) is 5.12. The molecular weight excluding hydrogens is 335 g/mol. The first-order valence-electron chi connectivity index (χ1n) is 5.44. The molecule has 19 heavy (non-hydrogen) atoms. The van der Waals surface area contributed by atoms with Crippen LogP contribution in [-0.4, -0.2) is 38.6 Å². The molecule has 1 aromatic heterocycles. The topological polar surface area (TPSA) is 86.1 Å². The molecule has 110 valence electrons.